The van der Waals surface area contributed by atoms with Crippen LogP contribution >= 0.6 is 0 Å². The number of aliphatic hydroxyl groups is 2. The monoisotopic (exact) mass is 367 g/mol. The number of carbonyl (C=O) groups is 2. The zero-order valence-electron chi connectivity index (χ0n) is 16.2. The second kappa shape index (κ2) is 8.53. The van der Waals surface area contributed by atoms with Gasteiger partial charge >= 0.3 is 5.97 Å². The van der Waals surface area contributed by atoms with E-state index in [9.17, 15) is 19.8 Å². The van der Waals surface area contributed by atoms with Gasteiger partial charge in [-0.2, -0.15) is 0 Å². The Kier molecular flexibility index (Phi) is 6.86. The summed E-state index contributed by atoms with van der Waals surface area (Å²) in [5.74, 6) is -2.25. The molecule has 2 rings (SSSR count). The molecule has 2 aliphatic rings. The lowest BCUT2D eigenvalue weighted by atomic mass is 9.68. The number of ether oxygens (including phenoxy) is 1. The molecule has 26 heavy (non-hydrogen) atoms. The molecule has 1 aliphatic heterocycles. The maximum atomic E-state index is 12.7. The number of hydrogen-bond donors (Lipinski definition) is 3. The molecule has 1 aliphatic carbocycles. The molecule has 0 spiro atoms. The number of amides is 1. The number of esters is 1. The number of hydrogen-bond acceptors (Lipinski definition) is 5. The lowest BCUT2D eigenvalue weighted by molar-refractivity contribution is -0.173. The van der Waals surface area contributed by atoms with Gasteiger partial charge in [0.1, 0.15) is 5.60 Å². The normalized spacial score (nSPS) is 35.2. The maximum Gasteiger partial charge on any atom is 0.337 e. The van der Waals surface area contributed by atoms with Gasteiger partial charge in [0.25, 0.3) is 0 Å². The predicted molar refractivity (Wildman–Crippen MR) is 98.3 cm³/mol. The summed E-state index contributed by atoms with van der Waals surface area (Å²) in [5, 5.41) is 25.1. The highest BCUT2D eigenvalue weighted by Crippen LogP contribution is 2.44. The fourth-order valence-electron chi connectivity index (χ4n) is 4.46. The summed E-state index contributed by atoms with van der Waals surface area (Å²) in [6.45, 7) is 3.58. The van der Waals surface area contributed by atoms with Crippen LogP contribution in [-0.4, -0.2) is 46.4 Å². The third kappa shape index (κ3) is 3.54. The van der Waals surface area contributed by atoms with E-state index in [2.05, 4.69) is 12.2 Å². The topological polar surface area (TPSA) is 95.9 Å². The standard InChI is InChI=1S/C20H33NO5/c1-4-5-6-10-13-15-17(23)21-20(18(24)26-3,19(15,2)25)16(22)14-11-8-7-9-12-14/h8,11,14-16,22,25H,4-7,9-10,12-13H2,1-3H3,(H,21,23)/t14-,15+,16+,19+,20+/m1/s1. The Labute approximate surface area is 156 Å². The second-order valence-corrected chi connectivity index (χ2v) is 7.81. The van der Waals surface area contributed by atoms with Gasteiger partial charge in [0.05, 0.1) is 19.1 Å². The Morgan fingerprint density at radius 2 is 2.15 bits per heavy atom. The van der Waals surface area contributed by atoms with Crippen LogP contribution in [0.3, 0.4) is 0 Å². The lowest BCUT2D eigenvalue weighted by Gasteiger charge is -2.44. The first kappa shape index (κ1) is 20.9. The van der Waals surface area contributed by atoms with Gasteiger partial charge in [-0.15, -0.1) is 0 Å². The summed E-state index contributed by atoms with van der Waals surface area (Å²) in [5.41, 5.74) is -3.57. The van der Waals surface area contributed by atoms with Gasteiger partial charge < -0.3 is 20.3 Å². The molecule has 5 atom stereocenters. The van der Waals surface area contributed by atoms with Crippen molar-refractivity contribution in [3.63, 3.8) is 0 Å². The molecule has 148 valence electrons. The first-order chi connectivity index (χ1) is 12.3. The fourth-order valence-corrected chi connectivity index (χ4v) is 4.46. The summed E-state index contributed by atoms with van der Waals surface area (Å²) in [4.78, 5) is 25.4. The highest BCUT2D eigenvalue weighted by molar-refractivity contribution is 5.96. The van der Waals surface area contributed by atoms with Crippen molar-refractivity contribution in [2.45, 2.75) is 82.5 Å². The number of methoxy groups -OCH3 is 1. The molecule has 0 unspecified atom stereocenters. The van der Waals surface area contributed by atoms with E-state index in [0.717, 1.165) is 38.5 Å². The molecule has 3 N–H and O–H groups in total. The minimum absolute atomic E-state index is 0.312. The Hall–Kier alpha value is -1.40. The van der Waals surface area contributed by atoms with E-state index in [1.54, 1.807) is 0 Å². The Bertz CT molecular complexity index is 544. The third-order valence-electron chi connectivity index (χ3n) is 6.11. The van der Waals surface area contributed by atoms with Crippen LogP contribution < -0.4 is 5.32 Å². The quantitative estimate of drug-likeness (QED) is 0.347. The highest BCUT2D eigenvalue weighted by Gasteiger charge is 2.69. The van der Waals surface area contributed by atoms with Crippen molar-refractivity contribution < 1.29 is 24.5 Å². The van der Waals surface area contributed by atoms with Crippen LogP contribution in [0.5, 0.6) is 0 Å². The summed E-state index contributed by atoms with van der Waals surface area (Å²) < 4.78 is 4.93. The highest BCUT2D eigenvalue weighted by atomic mass is 16.5. The van der Waals surface area contributed by atoms with Crippen LogP contribution in [0.2, 0.25) is 0 Å². The van der Waals surface area contributed by atoms with Gasteiger partial charge in [-0.05, 0) is 32.6 Å². The van der Waals surface area contributed by atoms with Gasteiger partial charge in [-0.25, -0.2) is 4.79 Å². The predicted octanol–water partition coefficient (Wildman–Crippen LogP) is 2.08. The summed E-state index contributed by atoms with van der Waals surface area (Å²) in [6, 6.07) is 0. The lowest BCUT2D eigenvalue weighted by Crippen LogP contribution is -2.70. The van der Waals surface area contributed by atoms with Gasteiger partial charge in [-0.1, -0.05) is 44.8 Å². The second-order valence-electron chi connectivity index (χ2n) is 7.81. The van der Waals surface area contributed by atoms with Crippen LogP contribution in [0.15, 0.2) is 12.2 Å². The largest absolute Gasteiger partial charge is 0.467 e. The first-order valence-corrected chi connectivity index (χ1v) is 9.80. The molecule has 1 fully saturated rings. The molecule has 0 aromatic rings. The Balaban J connectivity index is 2.32. The van der Waals surface area contributed by atoms with Gasteiger partial charge in [0.2, 0.25) is 5.91 Å². The van der Waals surface area contributed by atoms with Crippen LogP contribution in [0, 0.1) is 11.8 Å². The van der Waals surface area contributed by atoms with Crippen molar-refractivity contribution in [2.75, 3.05) is 7.11 Å². The molecule has 0 bridgehead atoms. The molecule has 6 heteroatoms. The minimum Gasteiger partial charge on any atom is -0.467 e. The van der Waals surface area contributed by atoms with Crippen LogP contribution in [-0.2, 0) is 14.3 Å². The van der Waals surface area contributed by atoms with E-state index in [1.165, 1.54) is 14.0 Å². The van der Waals surface area contributed by atoms with Crippen molar-refractivity contribution in [1.82, 2.24) is 5.32 Å². The summed E-state index contributed by atoms with van der Waals surface area (Å²) in [7, 11) is 1.21. The van der Waals surface area contributed by atoms with Crippen LogP contribution in [0.1, 0.15) is 65.2 Å². The van der Waals surface area contributed by atoms with Crippen LogP contribution in [0.4, 0.5) is 0 Å². The van der Waals surface area contributed by atoms with Gasteiger partial charge in [0, 0.05) is 5.92 Å². The number of unbranched alkanes of at least 4 members (excludes halogenated alkanes) is 3. The number of allylic oxidation sites excluding steroid dienone is 1. The van der Waals surface area contributed by atoms with Crippen molar-refractivity contribution in [2.24, 2.45) is 11.8 Å². The van der Waals surface area contributed by atoms with E-state index in [-0.39, 0.29) is 5.92 Å². The van der Waals surface area contributed by atoms with Crippen molar-refractivity contribution in [1.29, 1.82) is 0 Å². The Morgan fingerprint density at radius 1 is 1.42 bits per heavy atom. The Morgan fingerprint density at radius 3 is 2.73 bits per heavy atom. The van der Waals surface area contributed by atoms with E-state index in [0.29, 0.717) is 12.8 Å². The average molecular weight is 367 g/mol. The van der Waals surface area contributed by atoms with E-state index in [4.69, 9.17) is 4.74 Å². The van der Waals surface area contributed by atoms with E-state index >= 15 is 0 Å². The molecule has 1 amide bonds. The molecule has 6 nitrogen and oxygen atoms in total. The average Bonchev–Trinajstić information content (AvgIpc) is 2.84. The molecule has 0 aromatic heterocycles. The number of nitrogens with one attached hydrogen (secondary N) is 1. The van der Waals surface area contributed by atoms with Crippen molar-refractivity contribution in [3.05, 3.63) is 12.2 Å². The molecule has 0 aromatic carbocycles. The smallest absolute Gasteiger partial charge is 0.337 e. The minimum atomic E-state index is -1.85. The zero-order valence-corrected chi connectivity index (χ0v) is 16.2. The van der Waals surface area contributed by atoms with E-state index < -0.39 is 35.0 Å². The number of carbonyl (C=O) groups excluding carboxylic acids is 2. The molecular formula is C20H33NO5. The number of aliphatic hydroxyl groups excluding tert-OH is 1. The van der Waals surface area contributed by atoms with Crippen molar-refractivity contribution >= 4 is 11.9 Å². The SMILES string of the molecule is CCCCCC[C@H]1C(=O)N[C@](C(=O)OC)([C@@H](O)[C@@H]2C=CCCC2)[C@@]1(C)O. The fraction of sp³-hybridized carbons (Fsp3) is 0.800. The molecule has 0 radical (unpaired) electrons. The van der Waals surface area contributed by atoms with E-state index in [1.807, 2.05) is 12.2 Å². The van der Waals surface area contributed by atoms with Gasteiger partial charge in [-0.3, -0.25) is 4.79 Å². The van der Waals surface area contributed by atoms with Crippen molar-refractivity contribution in [3.8, 4) is 0 Å². The molecule has 1 saturated heterocycles. The zero-order chi connectivity index (χ0) is 19.4. The van der Waals surface area contributed by atoms with Gasteiger partial charge in [0.15, 0.2) is 5.54 Å². The van der Waals surface area contributed by atoms with Crippen LogP contribution in [0.25, 0.3) is 0 Å². The maximum absolute atomic E-state index is 12.7. The number of rotatable bonds is 8. The molecule has 1 heterocycles. The third-order valence-corrected chi connectivity index (χ3v) is 6.11. The first-order valence-electron chi connectivity index (χ1n) is 9.80. The molecular weight excluding hydrogens is 334 g/mol. The molecule has 0 saturated carbocycles. The summed E-state index contributed by atoms with van der Waals surface area (Å²) in [6.07, 6.45) is 9.49. The summed E-state index contributed by atoms with van der Waals surface area (Å²) >= 11 is 0.